The van der Waals surface area contributed by atoms with Crippen molar-refractivity contribution in [3.63, 3.8) is 0 Å². The normalized spacial score (nSPS) is 16.6. The maximum Gasteiger partial charge on any atom is 0.338 e. The molecule has 1 aliphatic rings. The zero-order valence-corrected chi connectivity index (χ0v) is 10.2. The van der Waals surface area contributed by atoms with Gasteiger partial charge in [-0.2, -0.15) is 11.8 Å². The highest BCUT2D eigenvalue weighted by Crippen LogP contribution is 2.47. The minimum absolute atomic E-state index is 0.0187. The molecule has 6 heteroatoms. The Kier molecular flexibility index (Phi) is 3.24. The number of thioether (sulfide) groups is 1. The summed E-state index contributed by atoms with van der Waals surface area (Å²) < 4.78 is 13.9. The van der Waals surface area contributed by atoms with Crippen LogP contribution in [0.15, 0.2) is 12.3 Å². The molecule has 0 spiro atoms. The summed E-state index contributed by atoms with van der Waals surface area (Å²) >= 11 is 1.74. The summed E-state index contributed by atoms with van der Waals surface area (Å²) in [5.41, 5.74) is -0.350. The number of halogens is 1. The number of aromatic carboxylic acids is 1. The fourth-order valence-electron chi connectivity index (χ4n) is 1.57. The third kappa shape index (κ3) is 2.52. The average Bonchev–Trinajstić information content (AvgIpc) is 3.08. The first kappa shape index (κ1) is 12.2. The van der Waals surface area contributed by atoms with E-state index >= 15 is 0 Å². The zero-order chi connectivity index (χ0) is 12.5. The number of rotatable bonds is 5. The van der Waals surface area contributed by atoms with Gasteiger partial charge in [-0.3, -0.25) is 0 Å². The van der Waals surface area contributed by atoms with Crippen LogP contribution < -0.4 is 5.32 Å². The molecular formula is C11H13FN2O2S. The molecule has 0 radical (unpaired) electrons. The van der Waals surface area contributed by atoms with E-state index in [4.69, 9.17) is 5.11 Å². The van der Waals surface area contributed by atoms with Crippen LogP contribution in [0.4, 0.5) is 10.2 Å². The molecule has 1 heterocycles. The first-order chi connectivity index (χ1) is 8.08. The van der Waals surface area contributed by atoms with Crippen LogP contribution in [-0.2, 0) is 0 Å². The number of pyridine rings is 1. The highest BCUT2D eigenvalue weighted by Gasteiger charge is 2.41. The Hall–Kier alpha value is -1.30. The average molecular weight is 256 g/mol. The quantitative estimate of drug-likeness (QED) is 0.846. The monoisotopic (exact) mass is 256 g/mol. The van der Waals surface area contributed by atoms with E-state index in [2.05, 4.69) is 10.3 Å². The van der Waals surface area contributed by atoms with Gasteiger partial charge in [-0.15, -0.1) is 0 Å². The first-order valence-electron chi connectivity index (χ1n) is 5.25. The largest absolute Gasteiger partial charge is 0.478 e. The van der Waals surface area contributed by atoms with Gasteiger partial charge in [0.25, 0.3) is 0 Å². The summed E-state index contributed by atoms with van der Waals surface area (Å²) in [5, 5.41) is 11.7. The van der Waals surface area contributed by atoms with Crippen molar-refractivity contribution in [3.05, 3.63) is 23.6 Å². The number of nitrogens with one attached hydrogen (secondary N) is 1. The van der Waals surface area contributed by atoms with E-state index in [1.54, 1.807) is 11.8 Å². The molecular weight excluding hydrogens is 243 g/mol. The number of hydrogen-bond acceptors (Lipinski definition) is 4. The van der Waals surface area contributed by atoms with Crippen LogP contribution in [0.5, 0.6) is 0 Å². The standard InChI is InChI=1S/C11H13FN2O2S/c1-17-11(3-4-11)6-14-9-8(12)7(10(15)16)2-5-13-9/h2,5H,3-4,6H2,1H3,(H,13,14)(H,15,16). The highest BCUT2D eigenvalue weighted by atomic mass is 32.2. The smallest absolute Gasteiger partial charge is 0.338 e. The second-order valence-electron chi connectivity index (χ2n) is 4.07. The Morgan fingerprint density at radius 1 is 1.71 bits per heavy atom. The maximum atomic E-state index is 13.7. The maximum absolute atomic E-state index is 13.7. The fraction of sp³-hybridized carbons (Fsp3) is 0.455. The summed E-state index contributed by atoms with van der Waals surface area (Å²) in [5.74, 6) is -2.05. The van der Waals surface area contributed by atoms with Gasteiger partial charge >= 0.3 is 5.97 Å². The minimum atomic E-state index is -1.28. The van der Waals surface area contributed by atoms with Gasteiger partial charge in [0, 0.05) is 17.5 Å². The molecule has 1 saturated carbocycles. The predicted octanol–water partition coefficient (Wildman–Crippen LogP) is 2.23. The van der Waals surface area contributed by atoms with E-state index in [1.165, 1.54) is 6.20 Å². The Morgan fingerprint density at radius 2 is 2.41 bits per heavy atom. The first-order valence-corrected chi connectivity index (χ1v) is 6.47. The summed E-state index contributed by atoms with van der Waals surface area (Å²) in [6.07, 6.45) is 5.52. The third-order valence-electron chi connectivity index (χ3n) is 2.94. The molecule has 17 heavy (non-hydrogen) atoms. The Morgan fingerprint density at radius 3 is 2.94 bits per heavy atom. The second-order valence-corrected chi connectivity index (χ2v) is 5.34. The van der Waals surface area contributed by atoms with Gasteiger partial charge in [-0.25, -0.2) is 14.2 Å². The Balaban J connectivity index is 2.11. The number of carboxylic acids is 1. The number of carboxylic acid groups (broad SMARTS) is 1. The van der Waals surface area contributed by atoms with Crippen LogP contribution in [0.3, 0.4) is 0 Å². The van der Waals surface area contributed by atoms with Gasteiger partial charge in [0.2, 0.25) is 0 Å². The van der Waals surface area contributed by atoms with Crippen LogP contribution in [0.25, 0.3) is 0 Å². The number of nitrogens with zero attached hydrogens (tertiary/aromatic N) is 1. The molecule has 92 valence electrons. The lowest BCUT2D eigenvalue weighted by Gasteiger charge is -2.14. The topological polar surface area (TPSA) is 62.2 Å². The van der Waals surface area contributed by atoms with Crippen molar-refractivity contribution in [2.45, 2.75) is 17.6 Å². The molecule has 1 aromatic heterocycles. The van der Waals surface area contributed by atoms with Gasteiger partial charge < -0.3 is 10.4 Å². The van der Waals surface area contributed by atoms with Crippen LogP contribution in [0, 0.1) is 5.82 Å². The molecule has 0 aromatic carbocycles. The summed E-state index contributed by atoms with van der Waals surface area (Å²) in [6.45, 7) is 0.612. The van der Waals surface area contributed by atoms with Crippen LogP contribution in [0.1, 0.15) is 23.2 Å². The van der Waals surface area contributed by atoms with Crippen LogP contribution >= 0.6 is 11.8 Å². The number of carbonyl (C=O) groups is 1. The molecule has 0 unspecified atom stereocenters. The molecule has 0 saturated heterocycles. The second kappa shape index (κ2) is 4.52. The molecule has 0 amide bonds. The summed E-state index contributed by atoms with van der Waals surface area (Å²) in [4.78, 5) is 14.6. The highest BCUT2D eigenvalue weighted by molar-refractivity contribution is 8.00. The van der Waals surface area contributed by atoms with Crippen molar-refractivity contribution in [2.75, 3.05) is 18.1 Å². The summed E-state index contributed by atoms with van der Waals surface area (Å²) in [6, 6.07) is 1.16. The van der Waals surface area contributed by atoms with Crippen molar-refractivity contribution in [1.29, 1.82) is 0 Å². The lowest BCUT2D eigenvalue weighted by atomic mass is 10.2. The number of hydrogen-bond donors (Lipinski definition) is 2. The SMILES string of the molecule is CSC1(CNc2nccc(C(=O)O)c2F)CC1. The predicted molar refractivity (Wildman–Crippen MR) is 65.1 cm³/mol. The van der Waals surface area contributed by atoms with Gasteiger partial charge in [0.05, 0.1) is 0 Å². The van der Waals surface area contributed by atoms with Crippen LogP contribution in [0.2, 0.25) is 0 Å². The fourth-order valence-corrected chi connectivity index (χ4v) is 2.30. The van der Waals surface area contributed by atoms with Crippen molar-refractivity contribution < 1.29 is 14.3 Å². The molecule has 0 atom stereocenters. The Labute approximate surface area is 103 Å². The lowest BCUT2D eigenvalue weighted by Crippen LogP contribution is -2.19. The molecule has 0 aliphatic heterocycles. The van der Waals surface area contributed by atoms with Gasteiger partial charge in [0.15, 0.2) is 11.6 Å². The van der Waals surface area contributed by atoms with E-state index in [0.29, 0.717) is 6.54 Å². The molecule has 1 aromatic rings. The van der Waals surface area contributed by atoms with Crippen molar-refractivity contribution in [3.8, 4) is 0 Å². The molecule has 2 rings (SSSR count). The molecule has 1 aliphatic carbocycles. The zero-order valence-electron chi connectivity index (χ0n) is 9.36. The molecule has 0 bridgehead atoms. The van der Waals surface area contributed by atoms with Crippen molar-refractivity contribution in [2.24, 2.45) is 0 Å². The van der Waals surface area contributed by atoms with Crippen molar-refractivity contribution in [1.82, 2.24) is 4.98 Å². The molecule has 1 fully saturated rings. The van der Waals surface area contributed by atoms with E-state index in [0.717, 1.165) is 18.9 Å². The lowest BCUT2D eigenvalue weighted by molar-refractivity contribution is 0.0692. The molecule has 2 N–H and O–H groups in total. The van der Waals surface area contributed by atoms with Gasteiger partial charge in [-0.1, -0.05) is 0 Å². The van der Waals surface area contributed by atoms with Crippen LogP contribution in [-0.4, -0.2) is 33.6 Å². The van der Waals surface area contributed by atoms with Gasteiger partial charge in [0.1, 0.15) is 5.56 Å². The number of aromatic nitrogens is 1. The Bertz CT molecular complexity index is 449. The van der Waals surface area contributed by atoms with Gasteiger partial charge in [-0.05, 0) is 25.2 Å². The van der Waals surface area contributed by atoms with E-state index < -0.39 is 11.8 Å². The molecule has 4 nitrogen and oxygen atoms in total. The van der Waals surface area contributed by atoms with Crippen molar-refractivity contribution >= 4 is 23.5 Å². The minimum Gasteiger partial charge on any atom is -0.478 e. The van der Waals surface area contributed by atoms with E-state index in [-0.39, 0.29) is 16.1 Å². The third-order valence-corrected chi connectivity index (χ3v) is 4.36. The van der Waals surface area contributed by atoms with E-state index in [1.807, 2.05) is 6.26 Å². The summed E-state index contributed by atoms with van der Waals surface area (Å²) in [7, 11) is 0. The van der Waals surface area contributed by atoms with E-state index in [9.17, 15) is 9.18 Å². The number of anilines is 1.